The van der Waals surface area contributed by atoms with Gasteiger partial charge in [-0.15, -0.1) is 11.7 Å². The van der Waals surface area contributed by atoms with Crippen molar-refractivity contribution in [1.29, 1.82) is 0 Å². The molecule has 1 aromatic heterocycles. The highest BCUT2D eigenvalue weighted by Crippen LogP contribution is 2.25. The van der Waals surface area contributed by atoms with Gasteiger partial charge in [-0.1, -0.05) is 18.2 Å². The lowest BCUT2D eigenvalue weighted by Gasteiger charge is -2.09. The SMILES string of the molecule is C=CCNc1cnnc(Nc2ccccc2OC)n1. The minimum atomic E-state index is 0.401. The quantitative estimate of drug-likeness (QED) is 0.773. The first-order chi connectivity index (χ1) is 9.33. The van der Waals surface area contributed by atoms with E-state index in [1.54, 1.807) is 19.4 Å². The molecule has 2 rings (SSSR count). The predicted molar refractivity (Wildman–Crippen MR) is 74.8 cm³/mol. The van der Waals surface area contributed by atoms with E-state index in [0.717, 1.165) is 11.4 Å². The molecule has 0 aliphatic heterocycles. The fourth-order valence-corrected chi connectivity index (χ4v) is 1.49. The average Bonchev–Trinajstić information content (AvgIpc) is 2.46. The first-order valence-electron chi connectivity index (χ1n) is 5.78. The number of hydrogen-bond donors (Lipinski definition) is 2. The van der Waals surface area contributed by atoms with Gasteiger partial charge in [0.2, 0.25) is 5.95 Å². The van der Waals surface area contributed by atoms with Crippen LogP contribution in [0.3, 0.4) is 0 Å². The number of rotatable bonds is 6. The first kappa shape index (κ1) is 12.8. The van der Waals surface area contributed by atoms with Crippen LogP contribution < -0.4 is 15.4 Å². The molecule has 0 fully saturated rings. The lowest BCUT2D eigenvalue weighted by molar-refractivity contribution is 0.417. The minimum absolute atomic E-state index is 0.401. The number of aromatic nitrogens is 3. The van der Waals surface area contributed by atoms with Crippen LogP contribution in [0.5, 0.6) is 5.75 Å². The lowest BCUT2D eigenvalue weighted by atomic mass is 10.3. The summed E-state index contributed by atoms with van der Waals surface area (Å²) in [6, 6.07) is 7.53. The number of methoxy groups -OCH3 is 1. The van der Waals surface area contributed by atoms with Gasteiger partial charge in [0, 0.05) is 6.54 Å². The van der Waals surface area contributed by atoms with Crippen molar-refractivity contribution in [3.63, 3.8) is 0 Å². The first-order valence-corrected chi connectivity index (χ1v) is 5.78. The Bertz CT molecular complexity index is 558. The Labute approximate surface area is 111 Å². The van der Waals surface area contributed by atoms with Crippen molar-refractivity contribution in [2.75, 3.05) is 24.3 Å². The van der Waals surface area contributed by atoms with Gasteiger partial charge >= 0.3 is 0 Å². The van der Waals surface area contributed by atoms with Crippen LogP contribution in [0.4, 0.5) is 17.5 Å². The van der Waals surface area contributed by atoms with Gasteiger partial charge in [-0.2, -0.15) is 10.1 Å². The summed E-state index contributed by atoms with van der Waals surface area (Å²) in [5.74, 6) is 1.75. The predicted octanol–water partition coefficient (Wildman–Crippen LogP) is 2.22. The van der Waals surface area contributed by atoms with Gasteiger partial charge in [-0.25, -0.2) is 0 Å². The topological polar surface area (TPSA) is 72.0 Å². The van der Waals surface area contributed by atoms with E-state index < -0.39 is 0 Å². The highest BCUT2D eigenvalue weighted by atomic mass is 16.5. The van der Waals surface area contributed by atoms with Crippen molar-refractivity contribution in [1.82, 2.24) is 15.2 Å². The molecule has 6 nitrogen and oxygen atoms in total. The molecule has 0 spiro atoms. The van der Waals surface area contributed by atoms with E-state index in [2.05, 4.69) is 32.4 Å². The molecule has 2 N–H and O–H groups in total. The molecule has 1 heterocycles. The lowest BCUT2D eigenvalue weighted by Crippen LogP contribution is -2.05. The van der Waals surface area contributed by atoms with Crippen LogP contribution in [0, 0.1) is 0 Å². The molecule has 0 saturated carbocycles. The van der Waals surface area contributed by atoms with E-state index in [1.807, 2.05) is 24.3 Å². The smallest absolute Gasteiger partial charge is 0.249 e. The zero-order valence-electron chi connectivity index (χ0n) is 10.6. The van der Waals surface area contributed by atoms with Gasteiger partial charge in [-0.3, -0.25) is 0 Å². The monoisotopic (exact) mass is 257 g/mol. The van der Waals surface area contributed by atoms with E-state index >= 15 is 0 Å². The van der Waals surface area contributed by atoms with Gasteiger partial charge in [0.05, 0.1) is 19.0 Å². The van der Waals surface area contributed by atoms with E-state index in [-0.39, 0.29) is 0 Å². The molecular formula is C13H15N5O. The van der Waals surface area contributed by atoms with Crippen molar-refractivity contribution in [3.8, 4) is 5.75 Å². The van der Waals surface area contributed by atoms with Gasteiger partial charge in [0.25, 0.3) is 0 Å². The van der Waals surface area contributed by atoms with Crippen LogP contribution in [0.2, 0.25) is 0 Å². The van der Waals surface area contributed by atoms with Crippen molar-refractivity contribution in [2.24, 2.45) is 0 Å². The van der Waals surface area contributed by atoms with E-state index in [1.165, 1.54) is 0 Å². The maximum Gasteiger partial charge on any atom is 0.249 e. The molecule has 98 valence electrons. The van der Waals surface area contributed by atoms with Gasteiger partial charge in [0.1, 0.15) is 5.75 Å². The van der Waals surface area contributed by atoms with Crippen molar-refractivity contribution in [3.05, 3.63) is 43.1 Å². The fourth-order valence-electron chi connectivity index (χ4n) is 1.49. The molecule has 19 heavy (non-hydrogen) atoms. The third-order valence-electron chi connectivity index (χ3n) is 2.34. The third kappa shape index (κ3) is 3.41. The number of anilines is 3. The molecule has 1 aromatic carbocycles. The summed E-state index contributed by atoms with van der Waals surface area (Å²) in [5, 5.41) is 13.9. The number of para-hydroxylation sites is 2. The number of hydrogen-bond acceptors (Lipinski definition) is 6. The average molecular weight is 257 g/mol. The van der Waals surface area contributed by atoms with Crippen LogP contribution >= 0.6 is 0 Å². The Kier molecular flexibility index (Phi) is 4.28. The Morgan fingerprint density at radius 1 is 1.37 bits per heavy atom. The van der Waals surface area contributed by atoms with Crippen LogP contribution in [0.1, 0.15) is 0 Å². The summed E-state index contributed by atoms with van der Waals surface area (Å²) < 4.78 is 5.25. The Balaban J connectivity index is 2.16. The third-order valence-corrected chi connectivity index (χ3v) is 2.34. The summed E-state index contributed by atoms with van der Waals surface area (Å²) in [4.78, 5) is 4.28. The summed E-state index contributed by atoms with van der Waals surface area (Å²) >= 11 is 0. The van der Waals surface area contributed by atoms with Crippen molar-refractivity contribution in [2.45, 2.75) is 0 Å². The second-order valence-electron chi connectivity index (χ2n) is 3.66. The minimum Gasteiger partial charge on any atom is -0.495 e. The highest BCUT2D eigenvalue weighted by molar-refractivity contribution is 5.62. The number of nitrogens with one attached hydrogen (secondary N) is 2. The summed E-state index contributed by atoms with van der Waals surface area (Å²) in [7, 11) is 1.61. The molecule has 2 aromatic rings. The molecule has 0 amide bonds. The maximum atomic E-state index is 5.25. The molecule has 0 atom stereocenters. The Hall–Kier alpha value is -2.63. The van der Waals surface area contributed by atoms with E-state index in [0.29, 0.717) is 18.3 Å². The van der Waals surface area contributed by atoms with Crippen LogP contribution in [0.15, 0.2) is 43.1 Å². The molecule has 6 heteroatoms. The molecule has 0 saturated heterocycles. The van der Waals surface area contributed by atoms with E-state index in [9.17, 15) is 0 Å². The largest absolute Gasteiger partial charge is 0.495 e. The molecule has 0 bridgehead atoms. The molecular weight excluding hydrogens is 242 g/mol. The van der Waals surface area contributed by atoms with Crippen LogP contribution in [-0.2, 0) is 0 Å². The number of ether oxygens (including phenoxy) is 1. The second kappa shape index (κ2) is 6.34. The number of benzene rings is 1. The standard InChI is InChI=1S/C13H15N5O/c1-3-8-14-12-9-15-18-13(17-12)16-10-6-4-5-7-11(10)19-2/h3-7,9H,1,8H2,2H3,(H2,14,16,17,18). The normalized spacial score (nSPS) is 9.74. The Morgan fingerprint density at radius 2 is 2.21 bits per heavy atom. The maximum absolute atomic E-state index is 5.25. The fraction of sp³-hybridized carbons (Fsp3) is 0.154. The van der Waals surface area contributed by atoms with Crippen LogP contribution in [-0.4, -0.2) is 28.8 Å². The summed E-state index contributed by atoms with van der Waals surface area (Å²) in [5.41, 5.74) is 0.785. The van der Waals surface area contributed by atoms with E-state index in [4.69, 9.17) is 4.74 Å². The van der Waals surface area contributed by atoms with Crippen molar-refractivity contribution < 1.29 is 4.74 Å². The second-order valence-corrected chi connectivity index (χ2v) is 3.66. The van der Waals surface area contributed by atoms with Gasteiger partial charge < -0.3 is 15.4 Å². The van der Waals surface area contributed by atoms with Gasteiger partial charge in [0.15, 0.2) is 5.82 Å². The molecule has 0 aliphatic rings. The van der Waals surface area contributed by atoms with Crippen molar-refractivity contribution >= 4 is 17.5 Å². The molecule has 0 radical (unpaired) electrons. The molecule has 0 aliphatic carbocycles. The molecule has 0 unspecified atom stereocenters. The zero-order chi connectivity index (χ0) is 13.5. The summed E-state index contributed by atoms with van der Waals surface area (Å²) in [6.45, 7) is 4.25. The van der Waals surface area contributed by atoms with Gasteiger partial charge in [-0.05, 0) is 12.1 Å². The Morgan fingerprint density at radius 3 is 3.00 bits per heavy atom. The van der Waals surface area contributed by atoms with Crippen LogP contribution in [0.25, 0.3) is 0 Å². The summed E-state index contributed by atoms with van der Waals surface area (Å²) in [6.07, 6.45) is 3.30. The highest BCUT2D eigenvalue weighted by Gasteiger charge is 2.04. The number of nitrogens with zero attached hydrogens (tertiary/aromatic N) is 3. The zero-order valence-corrected chi connectivity index (χ0v) is 10.6.